The van der Waals surface area contributed by atoms with Gasteiger partial charge >= 0.3 is 5.97 Å². The van der Waals surface area contributed by atoms with Crippen molar-refractivity contribution in [2.24, 2.45) is 11.8 Å². The van der Waals surface area contributed by atoms with Crippen molar-refractivity contribution in [1.29, 1.82) is 0 Å². The number of pyridine rings is 1. The molecule has 1 aromatic heterocycles. The molecule has 0 spiro atoms. The van der Waals surface area contributed by atoms with Crippen LogP contribution in [0.15, 0.2) is 48.7 Å². The lowest BCUT2D eigenvalue weighted by Crippen LogP contribution is -2.44. The largest absolute Gasteiger partial charge is 0.497 e. The van der Waals surface area contributed by atoms with Crippen molar-refractivity contribution in [3.05, 3.63) is 71.4 Å². The fraction of sp³-hybridized carbons (Fsp3) is 0.357. The van der Waals surface area contributed by atoms with Crippen molar-refractivity contribution in [2.45, 2.75) is 25.7 Å². The molecule has 0 bridgehead atoms. The standard InChI is InChI=1S/C28H28F2N2O3/c1-35-22-10-11-27-24(16-22)23(26(30)17-31-27)9-3-7-20-12-14-32(18-25(20)28(33)34)13-4-6-19-5-2-8-21(29)15-19/h2,5,8,10-11,15-17,20,25H,3,7,9,12-14,18H2,1H3,(H,33,34)/t20-,25+/m0/s1. The van der Waals surface area contributed by atoms with Crippen LogP contribution in [0.1, 0.15) is 30.4 Å². The summed E-state index contributed by atoms with van der Waals surface area (Å²) in [4.78, 5) is 18.2. The van der Waals surface area contributed by atoms with Crippen LogP contribution >= 0.6 is 0 Å². The van der Waals surface area contributed by atoms with Crippen LogP contribution < -0.4 is 4.74 Å². The van der Waals surface area contributed by atoms with Crippen molar-refractivity contribution in [3.63, 3.8) is 0 Å². The molecule has 4 rings (SSSR count). The summed E-state index contributed by atoms with van der Waals surface area (Å²) in [6.07, 6.45) is 3.87. The molecule has 1 aliphatic rings. The van der Waals surface area contributed by atoms with E-state index in [2.05, 4.69) is 16.8 Å². The Labute approximate surface area is 203 Å². The first-order valence-corrected chi connectivity index (χ1v) is 11.8. The minimum atomic E-state index is -0.817. The van der Waals surface area contributed by atoms with Gasteiger partial charge in [-0.2, -0.15) is 0 Å². The lowest BCUT2D eigenvalue weighted by molar-refractivity contribution is -0.146. The average molecular weight is 479 g/mol. The fourth-order valence-electron chi connectivity index (χ4n) is 4.78. The number of ether oxygens (including phenoxy) is 1. The van der Waals surface area contributed by atoms with Gasteiger partial charge in [-0.25, -0.2) is 8.78 Å². The predicted molar refractivity (Wildman–Crippen MR) is 130 cm³/mol. The minimum Gasteiger partial charge on any atom is -0.497 e. The predicted octanol–water partition coefficient (Wildman–Crippen LogP) is 4.92. The second-order valence-electron chi connectivity index (χ2n) is 8.90. The molecule has 0 amide bonds. The molecule has 1 aliphatic heterocycles. The number of piperidine rings is 1. The van der Waals surface area contributed by atoms with Crippen molar-refractivity contribution >= 4 is 16.9 Å². The molecule has 7 heteroatoms. The summed E-state index contributed by atoms with van der Waals surface area (Å²) in [7, 11) is 1.57. The number of methoxy groups -OCH3 is 1. The van der Waals surface area contributed by atoms with Gasteiger partial charge in [-0.15, -0.1) is 0 Å². The van der Waals surface area contributed by atoms with Gasteiger partial charge in [-0.05, 0) is 80.1 Å². The van der Waals surface area contributed by atoms with E-state index in [0.29, 0.717) is 54.7 Å². The van der Waals surface area contributed by atoms with Gasteiger partial charge in [0.15, 0.2) is 0 Å². The zero-order chi connectivity index (χ0) is 24.8. The van der Waals surface area contributed by atoms with E-state index in [0.717, 1.165) is 18.4 Å². The fourth-order valence-corrected chi connectivity index (χ4v) is 4.78. The monoisotopic (exact) mass is 478 g/mol. The molecule has 2 atom stereocenters. The SMILES string of the molecule is COc1ccc2ncc(F)c(CCC[C@H]3CCN(CC#Cc4cccc(F)c4)C[C@H]3C(=O)O)c2c1. The van der Waals surface area contributed by atoms with Gasteiger partial charge < -0.3 is 9.84 Å². The maximum atomic E-state index is 14.6. The molecule has 182 valence electrons. The maximum Gasteiger partial charge on any atom is 0.308 e. The van der Waals surface area contributed by atoms with E-state index in [1.807, 2.05) is 11.0 Å². The number of rotatable bonds is 7. The lowest BCUT2D eigenvalue weighted by Gasteiger charge is -2.35. The zero-order valence-electron chi connectivity index (χ0n) is 19.6. The number of carboxylic acids is 1. The van der Waals surface area contributed by atoms with E-state index in [1.165, 1.54) is 18.3 Å². The Hall–Kier alpha value is -3.50. The van der Waals surface area contributed by atoms with E-state index >= 15 is 0 Å². The van der Waals surface area contributed by atoms with Gasteiger partial charge in [-0.1, -0.05) is 17.9 Å². The van der Waals surface area contributed by atoms with Crippen molar-refractivity contribution in [1.82, 2.24) is 9.88 Å². The number of nitrogens with zero attached hydrogens (tertiary/aromatic N) is 2. The van der Waals surface area contributed by atoms with Crippen molar-refractivity contribution < 1.29 is 23.4 Å². The van der Waals surface area contributed by atoms with Crippen LogP contribution in [0.5, 0.6) is 5.75 Å². The molecule has 1 saturated heterocycles. The van der Waals surface area contributed by atoms with Crippen LogP contribution in [-0.2, 0) is 11.2 Å². The third-order valence-corrected chi connectivity index (χ3v) is 6.65. The first-order valence-electron chi connectivity index (χ1n) is 11.8. The Morgan fingerprint density at radius 1 is 1.26 bits per heavy atom. The van der Waals surface area contributed by atoms with Gasteiger partial charge in [-0.3, -0.25) is 14.7 Å². The Kier molecular flexibility index (Phi) is 7.94. The Morgan fingerprint density at radius 3 is 2.89 bits per heavy atom. The second-order valence-corrected chi connectivity index (χ2v) is 8.90. The van der Waals surface area contributed by atoms with E-state index < -0.39 is 11.9 Å². The summed E-state index contributed by atoms with van der Waals surface area (Å²) in [5.74, 6) is 4.63. The molecule has 0 aliphatic carbocycles. The topological polar surface area (TPSA) is 62.7 Å². The molecule has 0 unspecified atom stereocenters. The van der Waals surface area contributed by atoms with Crippen LogP contribution in [0, 0.1) is 35.3 Å². The highest BCUT2D eigenvalue weighted by molar-refractivity contribution is 5.83. The molecule has 1 fully saturated rings. The number of aryl methyl sites for hydroxylation is 1. The van der Waals surface area contributed by atoms with Crippen molar-refractivity contribution in [3.8, 4) is 17.6 Å². The van der Waals surface area contributed by atoms with E-state index in [9.17, 15) is 18.7 Å². The number of carbonyl (C=O) groups is 1. The number of halogens is 2. The van der Waals surface area contributed by atoms with E-state index in [4.69, 9.17) is 4.74 Å². The number of hydrogen-bond donors (Lipinski definition) is 1. The number of aliphatic carboxylic acids is 1. The third-order valence-electron chi connectivity index (χ3n) is 6.65. The Bertz CT molecular complexity index is 1270. The first kappa shape index (κ1) is 24.6. The van der Waals surface area contributed by atoms with Crippen molar-refractivity contribution in [2.75, 3.05) is 26.7 Å². The zero-order valence-corrected chi connectivity index (χ0v) is 19.6. The molecule has 0 radical (unpaired) electrons. The summed E-state index contributed by atoms with van der Waals surface area (Å²) in [5, 5.41) is 10.6. The Balaban J connectivity index is 1.36. The van der Waals surface area contributed by atoms with Crippen LogP contribution in [0.25, 0.3) is 10.9 Å². The molecule has 2 heterocycles. The molecule has 2 aromatic carbocycles. The van der Waals surface area contributed by atoms with Crippen LogP contribution in [-0.4, -0.2) is 47.7 Å². The van der Waals surface area contributed by atoms with Gasteiger partial charge in [0, 0.05) is 17.5 Å². The lowest BCUT2D eigenvalue weighted by atomic mass is 9.81. The first-order chi connectivity index (χ1) is 16.9. The summed E-state index contributed by atoms with van der Waals surface area (Å²) in [6.45, 7) is 1.60. The normalized spacial score (nSPS) is 18.1. The molecule has 0 saturated carbocycles. The second kappa shape index (κ2) is 11.3. The minimum absolute atomic E-state index is 0.0191. The van der Waals surface area contributed by atoms with Gasteiger partial charge in [0.2, 0.25) is 0 Å². The summed E-state index contributed by atoms with van der Waals surface area (Å²) < 4.78 is 33.2. The average Bonchev–Trinajstić information content (AvgIpc) is 2.85. The third kappa shape index (κ3) is 6.14. The van der Waals surface area contributed by atoms with E-state index in [-0.39, 0.29) is 17.6 Å². The number of likely N-dealkylation sites (tertiary alicyclic amines) is 1. The number of aromatic nitrogens is 1. The van der Waals surface area contributed by atoms with E-state index in [1.54, 1.807) is 31.4 Å². The highest BCUT2D eigenvalue weighted by atomic mass is 19.1. The highest BCUT2D eigenvalue weighted by Crippen LogP contribution is 2.30. The molecule has 35 heavy (non-hydrogen) atoms. The maximum absolute atomic E-state index is 14.6. The number of fused-ring (bicyclic) bond motifs is 1. The summed E-state index contributed by atoms with van der Waals surface area (Å²) in [6, 6.07) is 11.5. The van der Waals surface area contributed by atoms with Crippen LogP contribution in [0.4, 0.5) is 8.78 Å². The van der Waals surface area contributed by atoms with Gasteiger partial charge in [0.25, 0.3) is 0 Å². The molecular formula is C28H28F2N2O3. The van der Waals surface area contributed by atoms with Gasteiger partial charge in [0.1, 0.15) is 17.4 Å². The number of hydrogen-bond acceptors (Lipinski definition) is 4. The number of benzene rings is 2. The molecule has 1 N–H and O–H groups in total. The van der Waals surface area contributed by atoms with Crippen LogP contribution in [0.2, 0.25) is 0 Å². The highest BCUT2D eigenvalue weighted by Gasteiger charge is 2.33. The van der Waals surface area contributed by atoms with Crippen LogP contribution in [0.3, 0.4) is 0 Å². The Morgan fingerprint density at radius 2 is 2.11 bits per heavy atom. The molecule has 3 aromatic rings. The van der Waals surface area contributed by atoms with Gasteiger partial charge in [0.05, 0.1) is 31.3 Å². The summed E-state index contributed by atoms with van der Waals surface area (Å²) >= 11 is 0. The smallest absolute Gasteiger partial charge is 0.308 e. The molecular weight excluding hydrogens is 450 g/mol. The molecule has 5 nitrogen and oxygen atoms in total. The number of carboxylic acid groups (broad SMARTS) is 1. The summed E-state index contributed by atoms with van der Waals surface area (Å²) in [5.41, 5.74) is 1.90. The quantitative estimate of drug-likeness (QED) is 0.489.